The number of benzene rings is 2. The fourth-order valence-electron chi connectivity index (χ4n) is 4.36. The average molecular weight is 391 g/mol. The summed E-state index contributed by atoms with van der Waals surface area (Å²) in [7, 11) is 0. The molecule has 0 fully saturated rings. The highest BCUT2D eigenvalue weighted by Gasteiger charge is 2.55. The Kier molecular flexibility index (Phi) is 6.81. The summed E-state index contributed by atoms with van der Waals surface area (Å²) in [6.07, 6.45) is 4.66. The van der Waals surface area contributed by atoms with Gasteiger partial charge in [0.05, 0.1) is 0 Å². The molecule has 152 valence electrons. The molecule has 1 aliphatic rings. The van der Waals surface area contributed by atoms with E-state index in [2.05, 4.69) is 13.8 Å². The van der Waals surface area contributed by atoms with Crippen LogP contribution in [0, 0.1) is 5.92 Å². The fraction of sp³-hybridized carbons (Fsp3) is 0.385. The molecule has 3 rings (SSSR count). The molecule has 0 radical (unpaired) electrons. The molecule has 3 heteroatoms. The number of aliphatic hydroxyl groups is 1. The summed E-state index contributed by atoms with van der Waals surface area (Å²) >= 11 is 0. The summed E-state index contributed by atoms with van der Waals surface area (Å²) < 4.78 is 0. The van der Waals surface area contributed by atoms with Crippen molar-refractivity contribution in [1.29, 1.82) is 0 Å². The Morgan fingerprint density at radius 3 is 2.10 bits per heavy atom. The predicted molar refractivity (Wildman–Crippen MR) is 116 cm³/mol. The van der Waals surface area contributed by atoms with E-state index in [0.717, 1.165) is 25.7 Å². The first-order chi connectivity index (χ1) is 14.1. The second kappa shape index (κ2) is 9.32. The van der Waals surface area contributed by atoms with Crippen molar-refractivity contribution in [1.82, 2.24) is 0 Å². The van der Waals surface area contributed by atoms with Crippen LogP contribution in [-0.4, -0.2) is 16.7 Å². The van der Waals surface area contributed by atoms with E-state index in [4.69, 9.17) is 0 Å². The number of hydrogen-bond donors (Lipinski definition) is 1. The van der Waals surface area contributed by atoms with Crippen LogP contribution in [0.2, 0.25) is 0 Å². The van der Waals surface area contributed by atoms with Gasteiger partial charge in [-0.15, -0.1) is 0 Å². The summed E-state index contributed by atoms with van der Waals surface area (Å²) in [5, 5.41) is 11.8. The zero-order chi connectivity index (χ0) is 20.9. The Bertz CT molecular complexity index is 883. The van der Waals surface area contributed by atoms with Crippen molar-refractivity contribution in [3.05, 3.63) is 82.9 Å². The largest absolute Gasteiger partial charge is 0.376 e. The highest BCUT2D eigenvalue weighted by atomic mass is 16.3. The lowest BCUT2D eigenvalue weighted by molar-refractivity contribution is -0.136. The summed E-state index contributed by atoms with van der Waals surface area (Å²) in [5.74, 6) is -0.938. The van der Waals surface area contributed by atoms with Gasteiger partial charge in [0.2, 0.25) is 0 Å². The maximum absolute atomic E-state index is 13.6. The average Bonchev–Trinajstić information content (AvgIpc) is 2.99. The van der Waals surface area contributed by atoms with E-state index in [1.54, 1.807) is 24.3 Å². The van der Waals surface area contributed by atoms with Gasteiger partial charge in [0.15, 0.2) is 17.2 Å². The summed E-state index contributed by atoms with van der Waals surface area (Å²) in [5.41, 5.74) is 0.529. The lowest BCUT2D eigenvalue weighted by Gasteiger charge is -2.31. The van der Waals surface area contributed by atoms with Crippen molar-refractivity contribution < 1.29 is 14.7 Å². The molecule has 0 saturated carbocycles. The zero-order valence-corrected chi connectivity index (χ0v) is 17.4. The first-order valence-electron chi connectivity index (χ1n) is 10.7. The van der Waals surface area contributed by atoms with Gasteiger partial charge in [-0.05, 0) is 24.8 Å². The highest BCUT2D eigenvalue weighted by molar-refractivity contribution is 6.19. The number of ketones is 2. The Labute approximate surface area is 173 Å². The SMILES string of the molecule is CCCCC1=C(C(=O)c2ccccc2)[C@H](CCCC)[C@@](O)(c2ccccc2)C1=O. The maximum Gasteiger partial charge on any atom is 0.195 e. The van der Waals surface area contributed by atoms with Crippen LogP contribution >= 0.6 is 0 Å². The molecule has 0 bridgehead atoms. The van der Waals surface area contributed by atoms with Crippen molar-refractivity contribution in [3.8, 4) is 0 Å². The van der Waals surface area contributed by atoms with E-state index >= 15 is 0 Å². The second-order valence-corrected chi connectivity index (χ2v) is 7.85. The molecule has 0 aliphatic heterocycles. The summed E-state index contributed by atoms with van der Waals surface area (Å²) in [6, 6.07) is 18.2. The first-order valence-corrected chi connectivity index (χ1v) is 10.7. The topological polar surface area (TPSA) is 54.4 Å². The van der Waals surface area contributed by atoms with Gasteiger partial charge in [-0.25, -0.2) is 0 Å². The van der Waals surface area contributed by atoms with Crippen LogP contribution < -0.4 is 0 Å². The lowest BCUT2D eigenvalue weighted by atomic mass is 9.76. The monoisotopic (exact) mass is 390 g/mol. The third-order valence-electron chi connectivity index (χ3n) is 5.92. The van der Waals surface area contributed by atoms with Crippen LogP contribution in [0.4, 0.5) is 0 Å². The van der Waals surface area contributed by atoms with Crippen LogP contribution in [0.1, 0.15) is 68.3 Å². The number of Topliss-reactive ketones (excluding diaryl/α,β-unsaturated/α-hetero) is 2. The number of hydrogen-bond acceptors (Lipinski definition) is 3. The molecular formula is C26H30O3. The first kappa shape index (κ1) is 21.2. The van der Waals surface area contributed by atoms with Gasteiger partial charge in [-0.3, -0.25) is 9.59 Å². The summed E-state index contributed by atoms with van der Waals surface area (Å²) in [6.45, 7) is 4.15. The van der Waals surface area contributed by atoms with Gasteiger partial charge < -0.3 is 5.11 Å². The Hall–Kier alpha value is -2.52. The van der Waals surface area contributed by atoms with E-state index < -0.39 is 11.5 Å². The molecule has 1 N–H and O–H groups in total. The van der Waals surface area contributed by atoms with Gasteiger partial charge in [0.1, 0.15) is 0 Å². The Morgan fingerprint density at radius 2 is 1.52 bits per heavy atom. The Balaban J connectivity index is 2.16. The highest BCUT2D eigenvalue weighted by Crippen LogP contribution is 2.49. The minimum Gasteiger partial charge on any atom is -0.376 e. The van der Waals surface area contributed by atoms with E-state index in [0.29, 0.717) is 35.1 Å². The molecule has 0 unspecified atom stereocenters. The Morgan fingerprint density at radius 1 is 0.931 bits per heavy atom. The van der Waals surface area contributed by atoms with Crippen LogP contribution in [0.25, 0.3) is 0 Å². The minimum atomic E-state index is -1.67. The lowest BCUT2D eigenvalue weighted by Crippen LogP contribution is -2.40. The third kappa shape index (κ3) is 3.97. The zero-order valence-electron chi connectivity index (χ0n) is 17.4. The minimum absolute atomic E-state index is 0.127. The third-order valence-corrected chi connectivity index (χ3v) is 5.92. The van der Waals surface area contributed by atoms with E-state index in [1.165, 1.54) is 0 Å². The number of unbranched alkanes of at least 4 members (excludes halogenated alkanes) is 2. The number of carbonyl (C=O) groups is 2. The van der Waals surface area contributed by atoms with Crippen molar-refractivity contribution in [2.24, 2.45) is 5.92 Å². The van der Waals surface area contributed by atoms with Crippen LogP contribution in [0.3, 0.4) is 0 Å². The molecule has 2 atom stereocenters. The van der Waals surface area contributed by atoms with Gasteiger partial charge in [-0.2, -0.15) is 0 Å². The molecule has 0 amide bonds. The summed E-state index contributed by atoms with van der Waals surface area (Å²) in [4.78, 5) is 27.1. The van der Waals surface area contributed by atoms with Crippen molar-refractivity contribution in [2.45, 2.75) is 58.0 Å². The maximum atomic E-state index is 13.6. The van der Waals surface area contributed by atoms with Crippen LogP contribution in [0.15, 0.2) is 71.8 Å². The molecule has 1 aliphatic carbocycles. The standard InChI is InChI=1S/C26H30O3/c1-3-5-17-21-23(24(27)19-13-9-7-10-14-19)22(18-6-4-2)26(29,25(21)28)20-15-11-8-12-16-20/h7-16,22,29H,3-6,17-18H2,1-2H3/t22-,26-/m0/s1. The molecule has 0 heterocycles. The van der Waals surface area contributed by atoms with Crippen molar-refractivity contribution >= 4 is 11.6 Å². The van der Waals surface area contributed by atoms with Gasteiger partial charge >= 0.3 is 0 Å². The van der Waals surface area contributed by atoms with Crippen molar-refractivity contribution in [3.63, 3.8) is 0 Å². The van der Waals surface area contributed by atoms with E-state index in [9.17, 15) is 14.7 Å². The fourth-order valence-corrected chi connectivity index (χ4v) is 4.36. The molecule has 2 aromatic rings. The van der Waals surface area contributed by atoms with Gasteiger partial charge in [-0.1, -0.05) is 93.8 Å². The van der Waals surface area contributed by atoms with Crippen LogP contribution in [-0.2, 0) is 10.4 Å². The normalized spacial score (nSPS) is 21.6. The predicted octanol–water partition coefficient (Wildman–Crippen LogP) is 5.63. The molecule has 29 heavy (non-hydrogen) atoms. The molecule has 0 aromatic heterocycles. The van der Waals surface area contributed by atoms with Gasteiger partial charge in [0, 0.05) is 22.6 Å². The smallest absolute Gasteiger partial charge is 0.195 e. The van der Waals surface area contributed by atoms with Crippen molar-refractivity contribution in [2.75, 3.05) is 0 Å². The second-order valence-electron chi connectivity index (χ2n) is 7.85. The molecule has 2 aromatic carbocycles. The van der Waals surface area contributed by atoms with Crippen LogP contribution in [0.5, 0.6) is 0 Å². The molecule has 3 nitrogen and oxygen atoms in total. The number of rotatable bonds is 9. The number of carbonyl (C=O) groups excluding carboxylic acids is 2. The molecule has 0 saturated heterocycles. The molecular weight excluding hydrogens is 360 g/mol. The van der Waals surface area contributed by atoms with E-state index in [-0.39, 0.29) is 11.6 Å². The van der Waals surface area contributed by atoms with Gasteiger partial charge in [0.25, 0.3) is 0 Å². The molecule has 0 spiro atoms. The quantitative estimate of drug-likeness (QED) is 0.564. The van der Waals surface area contributed by atoms with E-state index in [1.807, 2.05) is 36.4 Å².